The van der Waals surface area contributed by atoms with Gasteiger partial charge in [-0.2, -0.15) is 13.7 Å². The largest absolute Gasteiger partial charge is 0.496 e. The first kappa shape index (κ1) is 26.3. The third-order valence-corrected chi connectivity index (χ3v) is 7.25. The van der Waals surface area contributed by atoms with Crippen LogP contribution in [0.2, 0.25) is 5.02 Å². The van der Waals surface area contributed by atoms with Crippen LogP contribution >= 0.6 is 11.6 Å². The summed E-state index contributed by atoms with van der Waals surface area (Å²) < 4.78 is 33.9. The number of carbonyl (C=O) groups is 1. The van der Waals surface area contributed by atoms with Gasteiger partial charge in [-0.05, 0) is 55.2 Å². The normalized spacial score (nSPS) is 14.3. The zero-order valence-corrected chi connectivity index (χ0v) is 21.0. The van der Waals surface area contributed by atoms with E-state index in [-0.39, 0.29) is 16.8 Å². The van der Waals surface area contributed by atoms with Gasteiger partial charge in [-0.3, -0.25) is 10.2 Å². The predicted molar refractivity (Wildman–Crippen MR) is 134 cm³/mol. The van der Waals surface area contributed by atoms with Gasteiger partial charge in [0, 0.05) is 11.6 Å². The molecule has 0 saturated heterocycles. The van der Waals surface area contributed by atoms with E-state index in [0.717, 1.165) is 44.0 Å². The van der Waals surface area contributed by atoms with E-state index in [1.54, 1.807) is 24.3 Å². The predicted octanol–water partition coefficient (Wildman–Crippen LogP) is 3.66. The molecule has 0 radical (unpaired) electrons. The number of methoxy groups -OCH3 is 1. The van der Waals surface area contributed by atoms with Gasteiger partial charge < -0.3 is 10.1 Å². The summed E-state index contributed by atoms with van der Waals surface area (Å²) in [7, 11) is -2.44. The van der Waals surface area contributed by atoms with Crippen LogP contribution in [0.1, 0.15) is 48.0 Å². The molecule has 1 fully saturated rings. The number of hydrazine groups is 1. The molecule has 0 unspecified atom stereocenters. The highest BCUT2D eigenvalue weighted by molar-refractivity contribution is 7.90. The first-order valence-electron chi connectivity index (χ1n) is 11.3. The molecule has 1 saturated carbocycles. The van der Waals surface area contributed by atoms with Crippen LogP contribution in [0.4, 0.5) is 0 Å². The molecular weight excluding hydrogens is 490 g/mol. The molecule has 1 aliphatic carbocycles. The number of ether oxygens (including phenoxy) is 1. The lowest BCUT2D eigenvalue weighted by atomic mass is 9.95. The van der Waals surface area contributed by atoms with Crippen LogP contribution in [-0.4, -0.2) is 45.4 Å². The van der Waals surface area contributed by atoms with Crippen LogP contribution in [0.15, 0.2) is 51.8 Å². The molecule has 1 amide bonds. The number of amides is 1. The number of nitrogens with zero attached hydrogens (tertiary/aromatic N) is 3. The summed E-state index contributed by atoms with van der Waals surface area (Å²) in [5.41, 5.74) is 3.87. The zero-order chi connectivity index (χ0) is 25.3. The minimum atomic E-state index is -3.92. The summed E-state index contributed by atoms with van der Waals surface area (Å²) >= 11 is 5.97. The highest BCUT2D eigenvalue weighted by Crippen LogP contribution is 2.23. The fourth-order valence-corrected chi connectivity index (χ4v) is 4.83. The Balaban J connectivity index is 1.53. The van der Waals surface area contributed by atoms with Crippen molar-refractivity contribution in [2.45, 2.75) is 49.5 Å². The lowest BCUT2D eigenvalue weighted by Gasteiger charge is -2.28. The molecule has 0 bridgehead atoms. The van der Waals surface area contributed by atoms with Gasteiger partial charge in [0.2, 0.25) is 0 Å². The summed E-state index contributed by atoms with van der Waals surface area (Å²) in [4.78, 5) is 12.5. The van der Waals surface area contributed by atoms with Crippen molar-refractivity contribution in [1.29, 1.82) is 5.26 Å². The zero-order valence-electron chi connectivity index (χ0n) is 19.4. The maximum Gasteiger partial charge on any atom is 0.283 e. The van der Waals surface area contributed by atoms with Crippen molar-refractivity contribution >= 4 is 33.9 Å². The monoisotopic (exact) mass is 517 g/mol. The second-order valence-corrected chi connectivity index (χ2v) is 10.2. The van der Waals surface area contributed by atoms with Crippen molar-refractivity contribution in [2.24, 2.45) is 4.40 Å². The molecule has 11 heteroatoms. The minimum absolute atomic E-state index is 0.0353. The Hall–Kier alpha value is -3.29. The van der Waals surface area contributed by atoms with Gasteiger partial charge in [-0.25, -0.2) is 5.01 Å². The van der Waals surface area contributed by atoms with Crippen LogP contribution in [0.3, 0.4) is 0 Å². The first-order valence-corrected chi connectivity index (χ1v) is 13.1. The number of hydrogen-bond donors (Lipinski definition) is 2. The maximum absolute atomic E-state index is 12.5. The Morgan fingerprint density at radius 1 is 1.23 bits per heavy atom. The lowest BCUT2D eigenvalue weighted by molar-refractivity contribution is 0.0951. The molecule has 2 N–H and O–H groups in total. The van der Waals surface area contributed by atoms with Crippen LogP contribution in [0.25, 0.3) is 0 Å². The van der Waals surface area contributed by atoms with Gasteiger partial charge >= 0.3 is 0 Å². The molecule has 2 aromatic rings. The van der Waals surface area contributed by atoms with Crippen molar-refractivity contribution in [1.82, 2.24) is 15.8 Å². The second kappa shape index (κ2) is 12.4. The molecule has 2 aromatic carbocycles. The standard InChI is InChI=1S/C24H28ClN5O4S/c1-34-23-12-9-19(25)15-22(23)24(31)27-14-13-18-7-10-21(11-8-18)35(32,33)29-17-28-30(16-26)20-5-3-2-4-6-20/h7-12,15,17,20H,2-6,13-14H2,1H3,(H,27,31)(H,28,29). The smallest absolute Gasteiger partial charge is 0.283 e. The Morgan fingerprint density at radius 2 is 1.94 bits per heavy atom. The van der Waals surface area contributed by atoms with E-state index in [1.807, 2.05) is 6.19 Å². The molecule has 0 heterocycles. The van der Waals surface area contributed by atoms with Crippen molar-refractivity contribution in [3.8, 4) is 11.9 Å². The van der Waals surface area contributed by atoms with Crippen molar-refractivity contribution < 1.29 is 17.9 Å². The summed E-state index contributed by atoms with van der Waals surface area (Å²) in [5, 5.41) is 13.9. The Labute approximate surface area is 210 Å². The average Bonchev–Trinajstić information content (AvgIpc) is 2.87. The number of benzene rings is 2. The number of halogens is 1. The molecule has 186 valence electrons. The Bertz CT molecular complexity index is 1190. The molecule has 3 rings (SSSR count). The van der Waals surface area contributed by atoms with Gasteiger partial charge in [-0.15, -0.1) is 4.40 Å². The number of rotatable bonds is 10. The fourth-order valence-electron chi connectivity index (χ4n) is 3.87. The molecule has 0 atom stereocenters. The van der Waals surface area contributed by atoms with E-state index in [2.05, 4.69) is 15.1 Å². The van der Waals surface area contributed by atoms with Crippen molar-refractivity contribution in [3.63, 3.8) is 0 Å². The van der Waals surface area contributed by atoms with Crippen LogP contribution in [0, 0.1) is 11.5 Å². The average molecular weight is 518 g/mol. The third kappa shape index (κ3) is 7.34. The van der Waals surface area contributed by atoms with E-state index in [9.17, 15) is 18.5 Å². The van der Waals surface area contributed by atoms with Gasteiger partial charge in [-0.1, -0.05) is 43.0 Å². The number of hydrogen-bond acceptors (Lipinski definition) is 6. The highest BCUT2D eigenvalue weighted by atomic mass is 35.5. The fraction of sp³-hybridized carbons (Fsp3) is 0.375. The number of nitrogens with one attached hydrogen (secondary N) is 2. The molecule has 0 aromatic heterocycles. The molecule has 0 aliphatic heterocycles. The number of nitriles is 1. The van der Waals surface area contributed by atoms with E-state index >= 15 is 0 Å². The SMILES string of the molecule is COc1ccc(Cl)cc1C(=O)NCCc1ccc(S(=O)(=O)/N=C\NN(C#N)C2CCCCC2)cc1. The van der Waals surface area contributed by atoms with Gasteiger partial charge in [0.25, 0.3) is 15.9 Å². The highest BCUT2D eigenvalue weighted by Gasteiger charge is 2.20. The minimum Gasteiger partial charge on any atom is -0.496 e. The van der Waals surface area contributed by atoms with Gasteiger partial charge in [0.15, 0.2) is 6.19 Å². The van der Waals surface area contributed by atoms with Crippen molar-refractivity contribution in [2.75, 3.05) is 13.7 Å². The van der Waals surface area contributed by atoms with Crippen molar-refractivity contribution in [3.05, 3.63) is 58.6 Å². The molecule has 35 heavy (non-hydrogen) atoms. The van der Waals surface area contributed by atoms with Crippen LogP contribution in [0.5, 0.6) is 5.75 Å². The second-order valence-electron chi connectivity index (χ2n) is 8.09. The summed E-state index contributed by atoms with van der Waals surface area (Å²) in [6.45, 7) is 0.341. The molecule has 9 nitrogen and oxygen atoms in total. The molecule has 1 aliphatic rings. The maximum atomic E-state index is 12.5. The quantitative estimate of drug-likeness (QED) is 0.162. The molecule has 0 spiro atoms. The summed E-state index contributed by atoms with van der Waals surface area (Å²) in [5.74, 6) is 0.109. The van der Waals surface area contributed by atoms with Crippen LogP contribution < -0.4 is 15.5 Å². The Morgan fingerprint density at radius 3 is 2.60 bits per heavy atom. The van der Waals surface area contributed by atoms with E-state index in [4.69, 9.17) is 16.3 Å². The third-order valence-electron chi connectivity index (χ3n) is 5.76. The van der Waals surface area contributed by atoms with E-state index in [1.165, 1.54) is 30.3 Å². The topological polar surface area (TPSA) is 124 Å². The number of sulfonamides is 1. The van der Waals surface area contributed by atoms with E-state index < -0.39 is 10.0 Å². The van der Waals surface area contributed by atoms with E-state index in [0.29, 0.717) is 29.3 Å². The first-order chi connectivity index (χ1) is 16.8. The summed E-state index contributed by atoms with van der Waals surface area (Å²) in [6, 6.07) is 11.1. The summed E-state index contributed by atoms with van der Waals surface area (Å²) in [6.07, 6.45) is 8.60. The lowest BCUT2D eigenvalue weighted by Crippen LogP contribution is -2.42. The number of carbonyl (C=O) groups excluding carboxylic acids is 1. The molecular formula is C24H28ClN5O4S. The Kier molecular flexibility index (Phi) is 9.34. The van der Waals surface area contributed by atoms with Gasteiger partial charge in [0.1, 0.15) is 12.1 Å². The van der Waals surface area contributed by atoms with Gasteiger partial charge in [0.05, 0.1) is 23.6 Å². The van der Waals surface area contributed by atoms with Crippen LogP contribution in [-0.2, 0) is 16.4 Å².